The Labute approximate surface area is 174 Å². The Morgan fingerprint density at radius 2 is 1.97 bits per heavy atom. The molecule has 29 heavy (non-hydrogen) atoms. The van der Waals surface area contributed by atoms with Crippen molar-refractivity contribution in [2.24, 2.45) is 0 Å². The van der Waals surface area contributed by atoms with Gasteiger partial charge in [0.25, 0.3) is 5.91 Å². The van der Waals surface area contributed by atoms with Gasteiger partial charge in [-0.2, -0.15) is 0 Å². The number of carbonyl (C=O) groups is 2. The molecule has 1 N–H and O–H groups in total. The van der Waals surface area contributed by atoms with Gasteiger partial charge in [-0.15, -0.1) is 0 Å². The Morgan fingerprint density at radius 3 is 2.66 bits per heavy atom. The van der Waals surface area contributed by atoms with Gasteiger partial charge in [0.05, 0.1) is 18.4 Å². The zero-order valence-corrected chi connectivity index (χ0v) is 17.5. The van der Waals surface area contributed by atoms with E-state index < -0.39 is 18.0 Å². The molecule has 0 aliphatic rings. The Bertz CT molecular complexity index is 1040. The number of esters is 1. The number of halogens is 1. The molecule has 3 aromatic rings. The van der Waals surface area contributed by atoms with E-state index in [9.17, 15) is 9.59 Å². The van der Waals surface area contributed by atoms with E-state index in [1.54, 1.807) is 24.5 Å². The number of hydrogen-bond donors (Lipinski definition) is 1. The Kier molecular flexibility index (Phi) is 6.13. The van der Waals surface area contributed by atoms with E-state index in [0.29, 0.717) is 22.8 Å². The van der Waals surface area contributed by atoms with E-state index >= 15 is 0 Å². The molecule has 0 bridgehead atoms. The third-order valence-electron chi connectivity index (χ3n) is 4.80. The lowest BCUT2D eigenvalue weighted by atomic mass is 10.2. The van der Waals surface area contributed by atoms with Crippen LogP contribution in [0, 0.1) is 20.8 Å². The number of hydrogen-bond acceptors (Lipinski definition) is 4. The molecule has 0 unspecified atom stereocenters. The molecule has 2 aromatic heterocycles. The highest BCUT2D eigenvalue weighted by Crippen LogP contribution is 2.22. The molecular formula is C22H23ClN2O4. The summed E-state index contributed by atoms with van der Waals surface area (Å²) in [5.41, 5.74) is 3.53. The number of benzene rings is 1. The standard InChI is InChI=1S/C22H23ClN2O4/c1-13-7-8-17(23)11-20(13)24-21(26)16(4)29-22(27)19-10-14(2)25(15(19)3)12-18-6-5-9-28-18/h5-11,16H,12H2,1-4H3,(H,24,26)/t16-/m1/s1. The minimum absolute atomic E-state index is 0.423. The fourth-order valence-corrected chi connectivity index (χ4v) is 3.22. The van der Waals surface area contributed by atoms with Crippen molar-refractivity contribution < 1.29 is 18.7 Å². The summed E-state index contributed by atoms with van der Waals surface area (Å²) < 4.78 is 12.8. The lowest BCUT2D eigenvalue weighted by Gasteiger charge is -2.15. The van der Waals surface area contributed by atoms with Gasteiger partial charge >= 0.3 is 5.97 Å². The Hall–Kier alpha value is -2.99. The minimum Gasteiger partial charge on any atom is -0.467 e. The number of ether oxygens (including phenoxy) is 1. The molecule has 7 heteroatoms. The van der Waals surface area contributed by atoms with Gasteiger partial charge in [-0.05, 0) is 63.6 Å². The maximum absolute atomic E-state index is 12.7. The highest BCUT2D eigenvalue weighted by atomic mass is 35.5. The van der Waals surface area contributed by atoms with Crippen molar-refractivity contribution in [3.8, 4) is 0 Å². The van der Waals surface area contributed by atoms with Gasteiger partial charge in [-0.3, -0.25) is 4.79 Å². The average molecular weight is 415 g/mol. The first-order chi connectivity index (χ1) is 13.8. The molecular weight excluding hydrogens is 392 g/mol. The monoisotopic (exact) mass is 414 g/mol. The van der Waals surface area contributed by atoms with Crippen molar-refractivity contribution in [2.45, 2.75) is 40.3 Å². The van der Waals surface area contributed by atoms with Crippen LogP contribution in [0.1, 0.15) is 40.0 Å². The number of rotatable bonds is 6. The molecule has 0 fully saturated rings. The lowest BCUT2D eigenvalue weighted by molar-refractivity contribution is -0.123. The van der Waals surface area contributed by atoms with Crippen LogP contribution in [0.25, 0.3) is 0 Å². The van der Waals surface area contributed by atoms with Crippen LogP contribution < -0.4 is 5.32 Å². The van der Waals surface area contributed by atoms with Crippen molar-refractivity contribution in [3.63, 3.8) is 0 Å². The molecule has 1 amide bonds. The van der Waals surface area contributed by atoms with E-state index in [4.69, 9.17) is 20.8 Å². The summed E-state index contributed by atoms with van der Waals surface area (Å²) in [6, 6.07) is 10.7. The molecule has 0 spiro atoms. The van der Waals surface area contributed by atoms with E-state index in [1.807, 2.05) is 43.5 Å². The summed E-state index contributed by atoms with van der Waals surface area (Å²) in [7, 11) is 0. The number of furan rings is 1. The van der Waals surface area contributed by atoms with E-state index in [0.717, 1.165) is 22.7 Å². The number of anilines is 1. The zero-order chi connectivity index (χ0) is 21.1. The van der Waals surface area contributed by atoms with Crippen LogP contribution in [0.15, 0.2) is 47.1 Å². The fraction of sp³-hybridized carbons (Fsp3) is 0.273. The highest BCUT2D eigenvalue weighted by molar-refractivity contribution is 6.31. The molecule has 3 rings (SSSR count). The van der Waals surface area contributed by atoms with Crippen molar-refractivity contribution in [1.82, 2.24) is 4.57 Å². The fourth-order valence-electron chi connectivity index (χ4n) is 3.05. The van der Waals surface area contributed by atoms with Gasteiger partial charge in [0.1, 0.15) is 5.76 Å². The van der Waals surface area contributed by atoms with Crippen LogP contribution in [0.2, 0.25) is 5.02 Å². The van der Waals surface area contributed by atoms with Crippen molar-refractivity contribution in [1.29, 1.82) is 0 Å². The van der Waals surface area contributed by atoms with Crippen LogP contribution >= 0.6 is 11.6 Å². The summed E-state index contributed by atoms with van der Waals surface area (Å²) in [6.45, 7) is 7.66. The molecule has 2 heterocycles. The molecule has 0 saturated heterocycles. The molecule has 1 atom stereocenters. The molecule has 0 saturated carbocycles. The lowest BCUT2D eigenvalue weighted by Crippen LogP contribution is -2.30. The first-order valence-electron chi connectivity index (χ1n) is 9.23. The van der Waals surface area contributed by atoms with Gasteiger partial charge in [0.15, 0.2) is 6.10 Å². The summed E-state index contributed by atoms with van der Waals surface area (Å²) in [4.78, 5) is 25.1. The van der Waals surface area contributed by atoms with Gasteiger partial charge in [0.2, 0.25) is 0 Å². The van der Waals surface area contributed by atoms with E-state index in [-0.39, 0.29) is 0 Å². The third kappa shape index (κ3) is 4.71. The predicted octanol–water partition coefficient (Wildman–Crippen LogP) is 4.89. The molecule has 6 nitrogen and oxygen atoms in total. The molecule has 152 valence electrons. The second-order valence-corrected chi connectivity index (χ2v) is 7.38. The second kappa shape index (κ2) is 8.57. The van der Waals surface area contributed by atoms with Crippen LogP contribution in [-0.4, -0.2) is 22.5 Å². The largest absolute Gasteiger partial charge is 0.467 e. The quantitative estimate of drug-likeness (QED) is 0.582. The van der Waals surface area contributed by atoms with Crippen molar-refractivity contribution in [3.05, 3.63) is 76.0 Å². The van der Waals surface area contributed by atoms with Gasteiger partial charge in [-0.25, -0.2) is 4.79 Å². The topological polar surface area (TPSA) is 73.5 Å². The average Bonchev–Trinajstić information content (AvgIpc) is 3.28. The SMILES string of the molecule is Cc1ccc(Cl)cc1NC(=O)[C@@H](C)OC(=O)c1cc(C)n(Cc2ccco2)c1C. The second-order valence-electron chi connectivity index (χ2n) is 6.95. The maximum atomic E-state index is 12.7. The maximum Gasteiger partial charge on any atom is 0.340 e. The van der Waals surface area contributed by atoms with Gasteiger partial charge in [-0.1, -0.05) is 17.7 Å². The molecule has 0 aliphatic heterocycles. The summed E-state index contributed by atoms with van der Waals surface area (Å²) in [5, 5.41) is 3.26. The number of nitrogens with one attached hydrogen (secondary N) is 1. The van der Waals surface area contributed by atoms with Crippen LogP contribution in [0.5, 0.6) is 0 Å². The Morgan fingerprint density at radius 1 is 1.21 bits per heavy atom. The number of aromatic nitrogens is 1. The summed E-state index contributed by atoms with van der Waals surface area (Å²) in [6.07, 6.45) is 0.648. The molecule has 0 aliphatic carbocycles. The van der Waals surface area contributed by atoms with Crippen LogP contribution in [-0.2, 0) is 16.1 Å². The highest BCUT2D eigenvalue weighted by Gasteiger charge is 2.23. The molecule has 1 aromatic carbocycles. The zero-order valence-electron chi connectivity index (χ0n) is 16.8. The molecule has 0 radical (unpaired) electrons. The normalized spacial score (nSPS) is 11.9. The third-order valence-corrected chi connectivity index (χ3v) is 5.03. The van der Waals surface area contributed by atoms with E-state index in [2.05, 4.69) is 5.32 Å². The summed E-state index contributed by atoms with van der Waals surface area (Å²) >= 11 is 5.98. The smallest absolute Gasteiger partial charge is 0.340 e. The Balaban J connectivity index is 1.69. The van der Waals surface area contributed by atoms with Gasteiger partial charge < -0.3 is 19.0 Å². The minimum atomic E-state index is -0.964. The first kappa shape index (κ1) is 20.7. The van der Waals surface area contributed by atoms with Crippen LogP contribution in [0.3, 0.4) is 0 Å². The summed E-state index contributed by atoms with van der Waals surface area (Å²) in [5.74, 6) is -0.182. The van der Waals surface area contributed by atoms with Crippen molar-refractivity contribution in [2.75, 3.05) is 5.32 Å². The van der Waals surface area contributed by atoms with E-state index in [1.165, 1.54) is 6.92 Å². The van der Waals surface area contributed by atoms with Gasteiger partial charge in [0, 0.05) is 22.1 Å². The van der Waals surface area contributed by atoms with Crippen molar-refractivity contribution >= 4 is 29.2 Å². The first-order valence-corrected chi connectivity index (χ1v) is 9.61. The predicted molar refractivity (Wildman–Crippen MR) is 111 cm³/mol. The number of nitrogens with zero attached hydrogens (tertiary/aromatic N) is 1. The van der Waals surface area contributed by atoms with Crippen LogP contribution in [0.4, 0.5) is 5.69 Å². The number of amides is 1. The number of carbonyl (C=O) groups excluding carboxylic acids is 2. The number of aryl methyl sites for hydroxylation is 2.